The number of hydrogen-bond donors (Lipinski definition) is 3. The van der Waals surface area contributed by atoms with Gasteiger partial charge in [-0.2, -0.15) is 0 Å². The summed E-state index contributed by atoms with van der Waals surface area (Å²) in [4.78, 5) is -0.260. The molecule has 0 fully saturated rings. The summed E-state index contributed by atoms with van der Waals surface area (Å²) in [5, 5.41) is 8.46. The first kappa shape index (κ1) is 16.2. The molecule has 5 nitrogen and oxygen atoms in total. The highest BCUT2D eigenvalue weighted by atomic mass is 35.5. The second-order valence-corrected chi connectivity index (χ2v) is 6.28. The van der Waals surface area contributed by atoms with Gasteiger partial charge < -0.3 is 10.8 Å². The summed E-state index contributed by atoms with van der Waals surface area (Å²) in [6.45, 7) is 1.64. The van der Waals surface area contributed by atoms with Crippen molar-refractivity contribution >= 4 is 27.3 Å². The van der Waals surface area contributed by atoms with Crippen LogP contribution in [0, 0.1) is 5.82 Å². The Morgan fingerprint density at radius 3 is 2.74 bits per heavy atom. The van der Waals surface area contributed by atoms with Crippen LogP contribution >= 0.6 is 11.6 Å². The normalized spacial score (nSPS) is 13.5. The molecule has 0 aliphatic carbocycles. The molecule has 0 aromatic heterocycles. The molecule has 0 aliphatic rings. The van der Waals surface area contributed by atoms with Crippen molar-refractivity contribution in [1.29, 1.82) is 0 Å². The van der Waals surface area contributed by atoms with E-state index in [9.17, 15) is 12.8 Å². The maximum Gasteiger partial charge on any atom is 0.242 e. The van der Waals surface area contributed by atoms with Gasteiger partial charge in [-0.25, -0.2) is 17.5 Å². The molecule has 0 saturated heterocycles. The number of aliphatic hydroxyl groups is 1. The average Bonchev–Trinajstić information content (AvgIpc) is 2.30. The number of nitrogens with one attached hydrogen (secondary N) is 1. The number of aliphatic hydroxyl groups excluding tert-OH is 1. The molecule has 19 heavy (non-hydrogen) atoms. The van der Waals surface area contributed by atoms with Crippen LogP contribution in [0.5, 0.6) is 0 Å². The lowest BCUT2D eigenvalue weighted by Crippen LogP contribution is -2.33. The van der Waals surface area contributed by atoms with Crippen molar-refractivity contribution in [2.75, 3.05) is 12.3 Å². The van der Waals surface area contributed by atoms with E-state index < -0.39 is 15.8 Å². The van der Waals surface area contributed by atoms with Gasteiger partial charge in [0.25, 0.3) is 0 Å². The molecule has 1 aromatic carbocycles. The first-order valence-electron chi connectivity index (χ1n) is 5.65. The molecule has 0 amide bonds. The van der Waals surface area contributed by atoms with Crippen LogP contribution in [0.25, 0.3) is 0 Å². The predicted molar refractivity (Wildman–Crippen MR) is 71.9 cm³/mol. The number of anilines is 1. The van der Waals surface area contributed by atoms with Gasteiger partial charge in [-0.15, -0.1) is 0 Å². The summed E-state index contributed by atoms with van der Waals surface area (Å²) < 4.78 is 39.6. The topological polar surface area (TPSA) is 92.4 Å². The minimum Gasteiger partial charge on any atom is -0.396 e. The molecule has 0 spiro atoms. The molecular weight excluding hydrogens is 295 g/mol. The molecule has 108 valence electrons. The largest absolute Gasteiger partial charge is 0.396 e. The number of nitrogen functional groups attached to an aromatic ring is 1. The van der Waals surface area contributed by atoms with E-state index in [1.165, 1.54) is 0 Å². The summed E-state index contributed by atoms with van der Waals surface area (Å²) in [6.07, 6.45) is 0.951. The van der Waals surface area contributed by atoms with Crippen LogP contribution in [0.2, 0.25) is 5.02 Å². The fraction of sp³-hybridized carbons (Fsp3) is 0.455. The van der Waals surface area contributed by atoms with Crippen molar-refractivity contribution in [3.8, 4) is 0 Å². The van der Waals surface area contributed by atoms with E-state index in [0.29, 0.717) is 12.8 Å². The molecule has 0 aliphatic heterocycles. The number of nitrogens with two attached hydrogens (primary N) is 1. The van der Waals surface area contributed by atoms with E-state index >= 15 is 0 Å². The Hall–Kier alpha value is -0.890. The Balaban J connectivity index is 2.98. The minimum atomic E-state index is -3.87. The Kier molecular flexibility index (Phi) is 5.54. The second-order valence-electron chi connectivity index (χ2n) is 4.19. The lowest BCUT2D eigenvalue weighted by Gasteiger charge is -2.15. The Morgan fingerprint density at radius 1 is 1.53 bits per heavy atom. The van der Waals surface area contributed by atoms with Gasteiger partial charge in [-0.1, -0.05) is 11.6 Å². The first-order chi connectivity index (χ1) is 8.77. The zero-order valence-electron chi connectivity index (χ0n) is 10.4. The van der Waals surface area contributed by atoms with E-state index in [1.54, 1.807) is 6.92 Å². The zero-order chi connectivity index (χ0) is 14.6. The summed E-state index contributed by atoms with van der Waals surface area (Å²) >= 11 is 5.72. The van der Waals surface area contributed by atoms with Crippen molar-refractivity contribution in [2.45, 2.75) is 30.7 Å². The van der Waals surface area contributed by atoms with E-state index in [2.05, 4.69) is 4.72 Å². The maximum atomic E-state index is 13.1. The molecule has 0 heterocycles. The third-order valence-corrected chi connectivity index (χ3v) is 4.55. The van der Waals surface area contributed by atoms with E-state index in [1.807, 2.05) is 0 Å². The molecule has 1 atom stereocenters. The second kappa shape index (κ2) is 6.51. The standard InChI is InChI=1S/C11H16ClFN2O3S/c1-7(3-2-4-16)15-19(17,18)11-6-10(14)9(13)5-8(11)12/h5-7,15-16H,2-4,14H2,1H3. The number of benzene rings is 1. The molecule has 8 heteroatoms. The summed E-state index contributed by atoms with van der Waals surface area (Å²) in [5.41, 5.74) is 5.05. The van der Waals surface area contributed by atoms with Gasteiger partial charge in [0.1, 0.15) is 10.7 Å². The summed E-state index contributed by atoms with van der Waals surface area (Å²) in [7, 11) is -3.87. The van der Waals surface area contributed by atoms with Crippen LogP contribution in [0.3, 0.4) is 0 Å². The summed E-state index contributed by atoms with van der Waals surface area (Å²) in [5.74, 6) is -0.766. The monoisotopic (exact) mass is 310 g/mol. The Labute approximate surface area is 116 Å². The Morgan fingerprint density at radius 2 is 2.16 bits per heavy atom. The molecule has 0 saturated carbocycles. The molecular formula is C11H16ClFN2O3S. The summed E-state index contributed by atoms with van der Waals surface area (Å²) in [6, 6.07) is 1.47. The average molecular weight is 311 g/mol. The zero-order valence-corrected chi connectivity index (χ0v) is 11.9. The number of rotatable bonds is 6. The van der Waals surface area contributed by atoms with Crippen LogP contribution in [0.15, 0.2) is 17.0 Å². The predicted octanol–water partition coefficient (Wildman–Crippen LogP) is 1.50. The quantitative estimate of drug-likeness (QED) is 0.694. The van der Waals surface area contributed by atoms with Gasteiger partial charge in [0.2, 0.25) is 10.0 Å². The minimum absolute atomic E-state index is 0.0175. The van der Waals surface area contributed by atoms with Gasteiger partial charge in [-0.05, 0) is 31.9 Å². The fourth-order valence-corrected chi connectivity index (χ4v) is 3.36. The van der Waals surface area contributed by atoms with Crippen LogP contribution < -0.4 is 10.5 Å². The highest BCUT2D eigenvalue weighted by molar-refractivity contribution is 7.89. The van der Waals surface area contributed by atoms with Gasteiger partial charge in [0, 0.05) is 12.6 Å². The van der Waals surface area contributed by atoms with Gasteiger partial charge in [0.05, 0.1) is 10.7 Å². The van der Waals surface area contributed by atoms with Crippen molar-refractivity contribution in [3.05, 3.63) is 23.0 Å². The molecule has 1 rings (SSSR count). The first-order valence-corrected chi connectivity index (χ1v) is 7.51. The fourth-order valence-electron chi connectivity index (χ4n) is 1.54. The molecule has 0 radical (unpaired) electrons. The number of hydrogen-bond acceptors (Lipinski definition) is 4. The third kappa shape index (κ3) is 4.31. The van der Waals surface area contributed by atoms with Crippen LogP contribution in [0.1, 0.15) is 19.8 Å². The van der Waals surface area contributed by atoms with Crippen molar-refractivity contribution in [2.24, 2.45) is 0 Å². The molecule has 1 unspecified atom stereocenters. The Bertz CT molecular complexity index is 551. The van der Waals surface area contributed by atoms with Gasteiger partial charge in [-0.3, -0.25) is 0 Å². The molecule has 1 aromatic rings. The van der Waals surface area contributed by atoms with Gasteiger partial charge in [0.15, 0.2) is 0 Å². The van der Waals surface area contributed by atoms with Crippen molar-refractivity contribution in [1.82, 2.24) is 4.72 Å². The van der Waals surface area contributed by atoms with E-state index in [0.717, 1.165) is 12.1 Å². The van der Waals surface area contributed by atoms with Crippen LogP contribution in [-0.2, 0) is 10.0 Å². The third-order valence-electron chi connectivity index (χ3n) is 2.49. The molecule has 4 N–H and O–H groups in total. The van der Waals surface area contributed by atoms with Crippen molar-refractivity contribution in [3.63, 3.8) is 0 Å². The van der Waals surface area contributed by atoms with E-state index in [-0.39, 0.29) is 28.3 Å². The van der Waals surface area contributed by atoms with E-state index in [4.69, 9.17) is 22.4 Å². The van der Waals surface area contributed by atoms with Gasteiger partial charge >= 0.3 is 0 Å². The smallest absolute Gasteiger partial charge is 0.242 e. The van der Waals surface area contributed by atoms with Crippen LogP contribution in [-0.4, -0.2) is 26.2 Å². The maximum absolute atomic E-state index is 13.1. The highest BCUT2D eigenvalue weighted by Gasteiger charge is 2.21. The highest BCUT2D eigenvalue weighted by Crippen LogP contribution is 2.26. The van der Waals surface area contributed by atoms with Crippen molar-refractivity contribution < 1.29 is 17.9 Å². The number of sulfonamides is 1. The molecule has 0 bridgehead atoms. The lowest BCUT2D eigenvalue weighted by atomic mass is 10.2. The number of halogens is 2. The van der Waals surface area contributed by atoms with Crippen LogP contribution in [0.4, 0.5) is 10.1 Å². The SMILES string of the molecule is CC(CCCO)NS(=O)(=O)c1cc(N)c(F)cc1Cl. The lowest BCUT2D eigenvalue weighted by molar-refractivity contribution is 0.279.